The second-order valence-corrected chi connectivity index (χ2v) is 7.12. The molecule has 1 aliphatic heterocycles. The molecular weight excluding hydrogens is 402 g/mol. The number of nitrogens with two attached hydrogens (primary N) is 1. The van der Waals surface area contributed by atoms with Crippen LogP contribution in [0.5, 0.6) is 0 Å². The van der Waals surface area contributed by atoms with E-state index in [4.69, 9.17) is 20.7 Å². The van der Waals surface area contributed by atoms with Gasteiger partial charge in [0.05, 0.1) is 29.7 Å². The lowest BCUT2D eigenvalue weighted by Crippen LogP contribution is -2.27. The van der Waals surface area contributed by atoms with Crippen LogP contribution in [0.2, 0.25) is 0 Å². The smallest absolute Gasteiger partial charge is 0.340 e. The molecule has 0 aromatic carbocycles. The molecule has 1 aliphatic rings. The third kappa shape index (κ3) is 3.86. The lowest BCUT2D eigenvalue weighted by molar-refractivity contribution is -0.0285. The molecule has 3 aromatic heterocycles. The number of pyridine rings is 1. The number of hydrogen-bond acceptors (Lipinski definition) is 9. The zero-order valence-electron chi connectivity index (χ0n) is 17.0. The Morgan fingerprint density at radius 3 is 3.06 bits per heavy atom. The van der Waals surface area contributed by atoms with Crippen LogP contribution in [0.3, 0.4) is 0 Å². The molecule has 12 heteroatoms. The third-order valence-corrected chi connectivity index (χ3v) is 5.22. The summed E-state index contributed by atoms with van der Waals surface area (Å²) in [6.45, 7) is 3.62. The van der Waals surface area contributed by atoms with E-state index in [1.165, 1.54) is 12.5 Å². The number of hydrogen-bond donors (Lipinski definition) is 1. The van der Waals surface area contributed by atoms with Gasteiger partial charge in [-0.1, -0.05) is 19.0 Å². The molecule has 1 unspecified atom stereocenters. The Morgan fingerprint density at radius 1 is 1.45 bits per heavy atom. The Labute approximate surface area is 177 Å². The van der Waals surface area contributed by atoms with Gasteiger partial charge in [0.2, 0.25) is 0 Å². The van der Waals surface area contributed by atoms with E-state index < -0.39 is 24.3 Å². The van der Waals surface area contributed by atoms with E-state index in [2.05, 4.69) is 30.0 Å². The zero-order chi connectivity index (χ0) is 22.0. The zero-order valence-corrected chi connectivity index (χ0v) is 17.0. The number of anilines is 1. The second-order valence-electron chi connectivity index (χ2n) is 7.12. The third-order valence-electron chi connectivity index (χ3n) is 5.22. The average Bonchev–Trinajstić information content (AvgIpc) is 3.38. The first-order valence-electron chi connectivity index (χ1n) is 9.82. The normalized spacial score (nSPS) is 21.5. The lowest BCUT2D eigenvalue weighted by atomic mass is 10.1. The van der Waals surface area contributed by atoms with Gasteiger partial charge in [-0.3, -0.25) is 9.55 Å². The van der Waals surface area contributed by atoms with Crippen LogP contribution in [-0.4, -0.2) is 42.7 Å². The van der Waals surface area contributed by atoms with E-state index in [9.17, 15) is 4.79 Å². The minimum Gasteiger partial charge on any atom is -0.456 e. The molecule has 0 bridgehead atoms. The molecule has 0 saturated carbocycles. The lowest BCUT2D eigenvalue weighted by Gasteiger charge is -2.18. The summed E-state index contributed by atoms with van der Waals surface area (Å²) in [7, 11) is 0. The van der Waals surface area contributed by atoms with Crippen LogP contribution in [0.1, 0.15) is 55.0 Å². The Balaban J connectivity index is 1.56. The largest absolute Gasteiger partial charge is 0.456 e. The Kier molecular flexibility index (Phi) is 5.65. The van der Waals surface area contributed by atoms with Crippen molar-refractivity contribution in [3.63, 3.8) is 0 Å². The van der Waals surface area contributed by atoms with E-state index >= 15 is 0 Å². The van der Waals surface area contributed by atoms with Crippen LogP contribution < -0.4 is 5.73 Å². The SMILES string of the molecule is CC[C@H]1O[C@@H](n2cnc3c(N)ncnc32)C[C@H]1OC(=O)c1cccnc1C(C)N=[N+]=[N-]. The molecule has 160 valence electrons. The number of nitrogen functional groups attached to an aromatic ring is 1. The van der Waals surface area contributed by atoms with Crippen molar-refractivity contribution < 1.29 is 14.3 Å². The van der Waals surface area contributed by atoms with Crippen LogP contribution in [0.15, 0.2) is 36.1 Å². The number of fused-ring (bicyclic) bond motifs is 1. The number of imidazole rings is 1. The molecule has 0 amide bonds. The van der Waals surface area contributed by atoms with Gasteiger partial charge in [-0.25, -0.2) is 19.7 Å². The fraction of sp³-hybridized carbons (Fsp3) is 0.421. The topological polar surface area (TPSA) is 167 Å². The first-order valence-corrected chi connectivity index (χ1v) is 9.82. The predicted octanol–water partition coefficient (Wildman–Crippen LogP) is 3.10. The van der Waals surface area contributed by atoms with E-state index in [0.717, 1.165) is 0 Å². The van der Waals surface area contributed by atoms with Crippen molar-refractivity contribution in [2.75, 3.05) is 5.73 Å². The Morgan fingerprint density at radius 2 is 2.29 bits per heavy atom. The summed E-state index contributed by atoms with van der Waals surface area (Å²) >= 11 is 0. The molecule has 2 N–H and O–H groups in total. The number of nitrogens with zero attached hydrogens (tertiary/aromatic N) is 8. The molecule has 1 saturated heterocycles. The van der Waals surface area contributed by atoms with Gasteiger partial charge in [0.15, 0.2) is 11.5 Å². The summed E-state index contributed by atoms with van der Waals surface area (Å²) < 4.78 is 13.7. The van der Waals surface area contributed by atoms with Crippen LogP contribution >= 0.6 is 0 Å². The average molecular weight is 423 g/mol. The molecule has 3 aromatic rings. The molecule has 4 heterocycles. The first kappa shape index (κ1) is 20.5. The van der Waals surface area contributed by atoms with Gasteiger partial charge in [-0.15, -0.1) is 0 Å². The Bertz CT molecular complexity index is 1160. The van der Waals surface area contributed by atoms with E-state index in [0.29, 0.717) is 29.7 Å². The number of ether oxygens (including phenoxy) is 2. The van der Waals surface area contributed by atoms with Crippen molar-refractivity contribution in [1.82, 2.24) is 24.5 Å². The van der Waals surface area contributed by atoms with E-state index in [-0.39, 0.29) is 17.5 Å². The molecule has 0 aliphatic carbocycles. The van der Waals surface area contributed by atoms with Crippen molar-refractivity contribution in [1.29, 1.82) is 0 Å². The van der Waals surface area contributed by atoms with Gasteiger partial charge in [0, 0.05) is 17.5 Å². The number of carbonyl (C=O) groups is 1. The van der Waals surface area contributed by atoms with Gasteiger partial charge in [-0.2, -0.15) is 0 Å². The fourth-order valence-electron chi connectivity index (χ4n) is 3.69. The maximum absolute atomic E-state index is 12.9. The minimum atomic E-state index is -0.606. The van der Waals surface area contributed by atoms with Crippen molar-refractivity contribution >= 4 is 23.0 Å². The van der Waals surface area contributed by atoms with E-state index in [1.54, 1.807) is 30.0 Å². The first-order chi connectivity index (χ1) is 15.0. The molecule has 0 spiro atoms. The monoisotopic (exact) mass is 423 g/mol. The highest BCUT2D eigenvalue weighted by Crippen LogP contribution is 2.35. The van der Waals surface area contributed by atoms with Crippen LogP contribution in [0, 0.1) is 0 Å². The highest BCUT2D eigenvalue weighted by molar-refractivity contribution is 5.91. The Hall–Kier alpha value is -3.76. The summed E-state index contributed by atoms with van der Waals surface area (Å²) in [4.78, 5) is 32.4. The number of carbonyl (C=O) groups excluding carboxylic acids is 1. The van der Waals surface area contributed by atoms with Gasteiger partial charge < -0.3 is 15.2 Å². The fourth-order valence-corrected chi connectivity index (χ4v) is 3.69. The summed E-state index contributed by atoms with van der Waals surface area (Å²) in [5, 5.41) is 3.64. The van der Waals surface area contributed by atoms with Gasteiger partial charge in [0.25, 0.3) is 0 Å². The molecule has 1 fully saturated rings. The molecule has 12 nitrogen and oxygen atoms in total. The summed E-state index contributed by atoms with van der Waals surface area (Å²) in [6.07, 6.45) is 4.36. The van der Waals surface area contributed by atoms with Crippen molar-refractivity contribution in [2.24, 2.45) is 5.11 Å². The molecule has 0 radical (unpaired) electrons. The maximum atomic E-state index is 12.9. The highest BCUT2D eigenvalue weighted by Gasteiger charge is 2.39. The molecular formula is C19H21N9O3. The maximum Gasteiger partial charge on any atom is 0.340 e. The number of azide groups is 1. The van der Waals surface area contributed by atoms with Gasteiger partial charge in [0.1, 0.15) is 24.2 Å². The summed E-state index contributed by atoms with van der Waals surface area (Å²) in [6, 6.07) is 2.63. The highest BCUT2D eigenvalue weighted by atomic mass is 16.6. The second kappa shape index (κ2) is 8.54. The van der Waals surface area contributed by atoms with Crippen LogP contribution in [-0.2, 0) is 9.47 Å². The molecule has 4 atom stereocenters. The van der Waals surface area contributed by atoms with Crippen LogP contribution in [0.4, 0.5) is 5.82 Å². The number of rotatable bonds is 6. The van der Waals surface area contributed by atoms with E-state index in [1.807, 2.05) is 6.92 Å². The van der Waals surface area contributed by atoms with Crippen molar-refractivity contribution in [3.05, 3.63) is 52.7 Å². The number of aromatic nitrogens is 5. The summed E-state index contributed by atoms with van der Waals surface area (Å²) in [5.41, 5.74) is 16.2. The van der Waals surface area contributed by atoms with Gasteiger partial charge in [-0.05, 0) is 24.1 Å². The standard InChI is InChI=1S/C19H21N9O3/c1-3-12-13(31-19(29)11-5-4-6-22-15(11)10(2)26-27-21)7-14(30-12)28-9-25-16-17(20)23-8-24-18(16)28/h4-6,8-10,12-14H,3,7H2,1-2H3,(H2,20,23,24)/t10?,12-,13-,14-/m1/s1. The van der Waals surface area contributed by atoms with Gasteiger partial charge >= 0.3 is 5.97 Å². The quantitative estimate of drug-likeness (QED) is 0.273. The van der Waals surface area contributed by atoms with Crippen molar-refractivity contribution in [3.8, 4) is 0 Å². The predicted molar refractivity (Wildman–Crippen MR) is 110 cm³/mol. The molecule has 31 heavy (non-hydrogen) atoms. The molecule has 4 rings (SSSR count). The van der Waals surface area contributed by atoms with Crippen LogP contribution in [0.25, 0.3) is 21.6 Å². The number of esters is 1. The summed E-state index contributed by atoms with van der Waals surface area (Å²) in [5.74, 6) is -0.257. The minimum absolute atomic E-state index is 0.259. The van der Waals surface area contributed by atoms with Crippen molar-refractivity contribution in [2.45, 2.75) is 51.2 Å².